The maximum Gasteiger partial charge on any atom is 0.261 e. The molecule has 1 unspecified atom stereocenters. The van der Waals surface area contributed by atoms with Gasteiger partial charge in [0.1, 0.15) is 28.8 Å². The van der Waals surface area contributed by atoms with Gasteiger partial charge < -0.3 is 24.3 Å². The van der Waals surface area contributed by atoms with Gasteiger partial charge in [0, 0.05) is 45.3 Å². The van der Waals surface area contributed by atoms with Gasteiger partial charge in [0.15, 0.2) is 5.75 Å². The number of piperazine rings is 2. The molecule has 1 aromatic heterocycles. The quantitative estimate of drug-likeness (QED) is 0.547. The summed E-state index contributed by atoms with van der Waals surface area (Å²) in [5.74, 6) is -0.491. The summed E-state index contributed by atoms with van der Waals surface area (Å²) in [5, 5.41) is 0.183. The van der Waals surface area contributed by atoms with Crippen LogP contribution >= 0.6 is 23.2 Å². The first-order chi connectivity index (χ1) is 17.7. The van der Waals surface area contributed by atoms with E-state index in [4.69, 9.17) is 32.9 Å². The summed E-state index contributed by atoms with van der Waals surface area (Å²) < 4.78 is 21.2. The Morgan fingerprint density at radius 3 is 2.62 bits per heavy atom. The van der Waals surface area contributed by atoms with E-state index >= 15 is 4.39 Å². The number of aromatic nitrogens is 1. The number of pyridine rings is 1. The molecule has 196 valence electrons. The van der Waals surface area contributed by atoms with Crippen LogP contribution in [0.5, 0.6) is 5.75 Å². The Hall–Kier alpha value is -2.88. The van der Waals surface area contributed by atoms with Crippen molar-refractivity contribution < 1.29 is 18.7 Å². The third kappa shape index (κ3) is 4.53. The van der Waals surface area contributed by atoms with E-state index in [1.165, 1.54) is 18.2 Å². The largest absolute Gasteiger partial charge is 0.489 e. The first-order valence-electron chi connectivity index (χ1n) is 12.2. The molecule has 0 spiro atoms. The maximum absolute atomic E-state index is 15.0. The van der Waals surface area contributed by atoms with E-state index in [1.807, 2.05) is 11.9 Å². The third-order valence-corrected chi connectivity index (χ3v) is 7.91. The van der Waals surface area contributed by atoms with Gasteiger partial charge >= 0.3 is 0 Å². The molecule has 2 amide bonds. The number of carbonyl (C=O) groups excluding carboxylic acids is 2. The molecule has 4 heterocycles. The number of hydrogen-bond donors (Lipinski definition) is 0. The monoisotopic (exact) mass is 547 g/mol. The fraction of sp³-hybridized carbons (Fsp3) is 0.423. The molecule has 11 heteroatoms. The van der Waals surface area contributed by atoms with Crippen LogP contribution < -0.4 is 9.64 Å². The smallest absolute Gasteiger partial charge is 0.261 e. The molecule has 8 nitrogen and oxygen atoms in total. The normalized spacial score (nSPS) is 22.2. The molecule has 2 atom stereocenters. The van der Waals surface area contributed by atoms with Gasteiger partial charge in [-0.25, -0.2) is 9.37 Å². The Morgan fingerprint density at radius 2 is 1.92 bits per heavy atom. The van der Waals surface area contributed by atoms with Gasteiger partial charge in [-0.2, -0.15) is 0 Å². The van der Waals surface area contributed by atoms with Crippen molar-refractivity contribution in [1.82, 2.24) is 19.7 Å². The number of ether oxygens (including phenoxy) is 1. The summed E-state index contributed by atoms with van der Waals surface area (Å²) in [6, 6.07) is 4.01. The number of nitrogens with zero attached hydrogens (tertiary/aromatic N) is 5. The third-order valence-electron chi connectivity index (χ3n) is 7.24. The van der Waals surface area contributed by atoms with Crippen LogP contribution in [0.4, 0.5) is 10.2 Å². The van der Waals surface area contributed by atoms with Gasteiger partial charge in [0.05, 0.1) is 22.3 Å². The van der Waals surface area contributed by atoms with Crippen LogP contribution in [0, 0.1) is 5.82 Å². The Morgan fingerprint density at radius 1 is 1.16 bits per heavy atom. The highest BCUT2D eigenvalue weighted by molar-refractivity contribution is 6.37. The van der Waals surface area contributed by atoms with Crippen LogP contribution in [0.2, 0.25) is 10.0 Å². The van der Waals surface area contributed by atoms with Crippen LogP contribution in [-0.4, -0.2) is 96.5 Å². The van der Waals surface area contributed by atoms with Crippen molar-refractivity contribution in [3.05, 3.63) is 52.3 Å². The zero-order valence-electron chi connectivity index (χ0n) is 20.7. The number of hydrogen-bond acceptors (Lipinski definition) is 6. The van der Waals surface area contributed by atoms with Gasteiger partial charge in [0.2, 0.25) is 5.91 Å². The molecular formula is C26H28Cl2FN5O3. The van der Waals surface area contributed by atoms with Gasteiger partial charge in [-0.3, -0.25) is 9.59 Å². The van der Waals surface area contributed by atoms with Crippen molar-refractivity contribution in [2.75, 3.05) is 57.8 Å². The molecule has 2 aromatic rings. The van der Waals surface area contributed by atoms with Gasteiger partial charge in [-0.15, -0.1) is 0 Å². The van der Waals surface area contributed by atoms with Crippen LogP contribution in [0.1, 0.15) is 17.3 Å². The maximum atomic E-state index is 15.0. The van der Waals surface area contributed by atoms with Crippen molar-refractivity contribution in [2.24, 2.45) is 0 Å². The zero-order valence-corrected chi connectivity index (χ0v) is 22.2. The predicted octanol–water partition coefficient (Wildman–Crippen LogP) is 3.57. The molecule has 5 rings (SSSR count). The van der Waals surface area contributed by atoms with Gasteiger partial charge in [0.25, 0.3) is 5.91 Å². The topological polar surface area (TPSA) is 69.2 Å². The molecule has 0 bridgehead atoms. The van der Waals surface area contributed by atoms with Crippen molar-refractivity contribution in [1.29, 1.82) is 0 Å². The second-order valence-corrected chi connectivity index (χ2v) is 10.4. The van der Waals surface area contributed by atoms with E-state index in [-0.39, 0.29) is 63.1 Å². The second kappa shape index (κ2) is 10.1. The Kier molecular flexibility index (Phi) is 7.04. The average molecular weight is 548 g/mol. The lowest BCUT2D eigenvalue weighted by atomic mass is 10.0. The molecule has 2 fully saturated rings. The lowest BCUT2D eigenvalue weighted by Crippen LogP contribution is -2.57. The first-order valence-corrected chi connectivity index (χ1v) is 12.9. The number of fused-ring (bicyclic) bond motifs is 2. The minimum absolute atomic E-state index is 0.0226. The first kappa shape index (κ1) is 25.8. The van der Waals surface area contributed by atoms with Crippen LogP contribution in [0.25, 0.3) is 11.3 Å². The van der Waals surface area contributed by atoms with Crippen LogP contribution in [-0.2, 0) is 4.79 Å². The highest BCUT2D eigenvalue weighted by Crippen LogP contribution is 2.46. The highest BCUT2D eigenvalue weighted by Gasteiger charge is 2.41. The van der Waals surface area contributed by atoms with Crippen LogP contribution in [0.15, 0.2) is 30.9 Å². The molecule has 3 aliphatic rings. The van der Waals surface area contributed by atoms with E-state index in [9.17, 15) is 9.59 Å². The van der Waals surface area contributed by atoms with Crippen molar-refractivity contribution in [3.8, 4) is 17.0 Å². The summed E-state index contributed by atoms with van der Waals surface area (Å²) in [6.07, 6.45) is 1.27. The average Bonchev–Trinajstić information content (AvgIpc) is 3.01. The summed E-state index contributed by atoms with van der Waals surface area (Å²) in [7, 11) is 2.04. The lowest BCUT2D eigenvalue weighted by molar-refractivity contribution is -0.128. The summed E-state index contributed by atoms with van der Waals surface area (Å²) in [6.45, 7) is 8.90. The Labute approximate surface area is 225 Å². The number of anilines is 1. The van der Waals surface area contributed by atoms with Gasteiger partial charge in [-0.1, -0.05) is 35.8 Å². The summed E-state index contributed by atoms with van der Waals surface area (Å²) in [5.41, 5.74) is 0.435. The fourth-order valence-corrected chi connectivity index (χ4v) is 5.87. The SMILES string of the molecule is C=CC(=O)N1CCN2C(=O)c3c(N4CCN(C)C[C@@H]4C)nc(-c4c(F)cccc4Cl)c(Cl)c3OCC2C1. The molecule has 3 aliphatic heterocycles. The number of rotatable bonds is 3. The second-order valence-electron chi connectivity index (χ2n) is 9.66. The highest BCUT2D eigenvalue weighted by atomic mass is 35.5. The van der Waals surface area contributed by atoms with Crippen molar-refractivity contribution >= 4 is 40.8 Å². The Bertz CT molecular complexity index is 1260. The molecule has 1 aromatic carbocycles. The van der Waals surface area contributed by atoms with E-state index in [0.29, 0.717) is 32.0 Å². The standard InChI is InChI=1S/C26H28Cl2FN5O3/c1-4-19(35)32-9-11-34-16(13-32)14-37-24-21(26(34)36)25(33-10-8-31(3)12-15(33)2)30-23(22(24)28)20-17(27)6-5-7-18(20)29/h4-7,15-16H,1,8-14H2,2-3H3/t15-,16?/m0/s1. The van der Waals surface area contributed by atoms with Gasteiger partial charge in [-0.05, 0) is 32.2 Å². The molecule has 2 saturated heterocycles. The lowest BCUT2D eigenvalue weighted by Gasteiger charge is -2.41. The van der Waals surface area contributed by atoms with E-state index in [2.05, 4.69) is 18.4 Å². The summed E-state index contributed by atoms with van der Waals surface area (Å²) >= 11 is 13.2. The van der Waals surface area contributed by atoms with E-state index < -0.39 is 5.82 Å². The number of amides is 2. The minimum atomic E-state index is -0.574. The van der Waals surface area contributed by atoms with Crippen molar-refractivity contribution in [3.63, 3.8) is 0 Å². The minimum Gasteiger partial charge on any atom is -0.489 e. The predicted molar refractivity (Wildman–Crippen MR) is 141 cm³/mol. The van der Waals surface area contributed by atoms with Crippen LogP contribution in [0.3, 0.4) is 0 Å². The molecule has 37 heavy (non-hydrogen) atoms. The molecule has 0 N–H and O–H groups in total. The zero-order chi connectivity index (χ0) is 26.4. The molecular weight excluding hydrogens is 520 g/mol. The molecule has 0 saturated carbocycles. The van der Waals surface area contributed by atoms with E-state index in [0.717, 1.165) is 13.1 Å². The fourth-order valence-electron chi connectivity index (χ4n) is 5.33. The van der Waals surface area contributed by atoms with Crippen molar-refractivity contribution in [2.45, 2.75) is 19.0 Å². The molecule has 0 radical (unpaired) electrons. The van der Waals surface area contributed by atoms with E-state index in [1.54, 1.807) is 15.9 Å². The summed E-state index contributed by atoms with van der Waals surface area (Å²) in [4.78, 5) is 38.7. The number of halogens is 3. The number of benzene rings is 1. The number of carbonyl (C=O) groups is 2. The molecule has 0 aliphatic carbocycles. The Balaban J connectivity index is 1.67. The number of likely N-dealkylation sites (N-methyl/N-ethyl adjacent to an activating group) is 1.